The van der Waals surface area contributed by atoms with Crippen LogP contribution in [-0.2, 0) is 14.8 Å². The monoisotopic (exact) mass is 491 g/mol. The summed E-state index contributed by atoms with van der Waals surface area (Å²) in [4.78, 5) is 15.4. The number of nitrogens with one attached hydrogen (secondary N) is 1. The van der Waals surface area contributed by atoms with E-state index in [0.29, 0.717) is 36.7 Å². The number of thiophene rings is 1. The molecule has 2 aliphatic heterocycles. The highest BCUT2D eigenvalue weighted by Crippen LogP contribution is 2.28. The fourth-order valence-electron chi connectivity index (χ4n) is 4.75. The molecule has 0 aliphatic carbocycles. The van der Waals surface area contributed by atoms with Crippen LogP contribution in [0.5, 0.6) is 5.75 Å². The Morgan fingerprint density at radius 2 is 1.79 bits per heavy atom. The van der Waals surface area contributed by atoms with Crippen LogP contribution in [0.15, 0.2) is 46.0 Å². The Kier molecular flexibility index (Phi) is 8.06. The number of likely N-dealkylation sites (tertiary alicyclic amines) is 1. The zero-order chi connectivity index (χ0) is 23.3. The molecule has 0 radical (unpaired) electrons. The highest BCUT2D eigenvalue weighted by molar-refractivity contribution is 7.91. The molecule has 0 spiro atoms. The third kappa shape index (κ3) is 5.77. The molecule has 33 heavy (non-hydrogen) atoms. The average Bonchev–Trinajstić information content (AvgIpc) is 3.41. The largest absolute Gasteiger partial charge is 0.497 e. The van der Waals surface area contributed by atoms with E-state index in [2.05, 4.69) is 22.3 Å². The number of carbonyl (C=O) groups excluding carboxylic acids is 1. The minimum atomic E-state index is -3.45. The van der Waals surface area contributed by atoms with Gasteiger partial charge in [0.05, 0.1) is 13.2 Å². The zero-order valence-corrected chi connectivity index (χ0v) is 20.7. The predicted molar refractivity (Wildman–Crippen MR) is 130 cm³/mol. The molecule has 2 aliphatic rings. The van der Waals surface area contributed by atoms with Gasteiger partial charge in [0.25, 0.3) is 10.0 Å². The van der Waals surface area contributed by atoms with Crippen molar-refractivity contribution in [1.82, 2.24) is 14.5 Å². The standard InChI is InChI=1S/C24H33N3O4S2/c1-31-21-9-7-19(8-10-21)22(26-13-3-2-4-14-26)18-25-24(28)20-11-15-27(16-12-20)33(29,30)23-6-5-17-32-23/h5-10,17,20,22H,2-4,11-16,18H2,1H3,(H,25,28)/t22-/m1/s1. The summed E-state index contributed by atoms with van der Waals surface area (Å²) in [6.07, 6.45) is 4.71. The van der Waals surface area contributed by atoms with Crippen LogP contribution in [0, 0.1) is 5.92 Å². The van der Waals surface area contributed by atoms with Crippen molar-refractivity contribution < 1.29 is 17.9 Å². The number of hydrogen-bond donors (Lipinski definition) is 1. The fourth-order valence-corrected chi connectivity index (χ4v) is 7.37. The summed E-state index contributed by atoms with van der Waals surface area (Å²) in [7, 11) is -1.79. The lowest BCUT2D eigenvalue weighted by Gasteiger charge is -2.36. The van der Waals surface area contributed by atoms with Crippen molar-refractivity contribution in [3.05, 3.63) is 47.3 Å². The van der Waals surface area contributed by atoms with E-state index in [9.17, 15) is 13.2 Å². The summed E-state index contributed by atoms with van der Waals surface area (Å²) in [6.45, 7) is 3.38. The molecule has 2 saturated heterocycles. The first-order valence-corrected chi connectivity index (χ1v) is 14.0. The van der Waals surface area contributed by atoms with Crippen LogP contribution in [0.4, 0.5) is 0 Å². The second-order valence-electron chi connectivity index (χ2n) is 8.74. The van der Waals surface area contributed by atoms with Gasteiger partial charge in [-0.05, 0) is 67.9 Å². The maximum Gasteiger partial charge on any atom is 0.252 e. The van der Waals surface area contributed by atoms with Crippen molar-refractivity contribution in [3.63, 3.8) is 0 Å². The minimum absolute atomic E-state index is 0.0266. The van der Waals surface area contributed by atoms with E-state index < -0.39 is 10.0 Å². The quantitative estimate of drug-likeness (QED) is 0.612. The molecule has 180 valence electrons. The summed E-state index contributed by atoms with van der Waals surface area (Å²) in [5.74, 6) is 0.695. The first kappa shape index (κ1) is 24.2. The van der Waals surface area contributed by atoms with Gasteiger partial charge in [0.15, 0.2) is 0 Å². The lowest BCUT2D eigenvalue weighted by molar-refractivity contribution is -0.126. The second-order valence-corrected chi connectivity index (χ2v) is 11.9. The number of amides is 1. The molecule has 1 atom stereocenters. The van der Waals surface area contributed by atoms with Crippen LogP contribution in [0.2, 0.25) is 0 Å². The normalized spacial score (nSPS) is 19.8. The van der Waals surface area contributed by atoms with Gasteiger partial charge < -0.3 is 10.1 Å². The van der Waals surface area contributed by atoms with E-state index >= 15 is 0 Å². The van der Waals surface area contributed by atoms with Gasteiger partial charge in [-0.2, -0.15) is 4.31 Å². The number of carbonyl (C=O) groups is 1. The van der Waals surface area contributed by atoms with Gasteiger partial charge in [-0.15, -0.1) is 11.3 Å². The van der Waals surface area contributed by atoms with E-state index in [-0.39, 0.29) is 17.9 Å². The maximum absolute atomic E-state index is 13.0. The van der Waals surface area contributed by atoms with Crippen LogP contribution in [0.25, 0.3) is 0 Å². The molecule has 1 N–H and O–H groups in total. The van der Waals surface area contributed by atoms with Crippen LogP contribution in [0.1, 0.15) is 43.7 Å². The lowest BCUT2D eigenvalue weighted by Crippen LogP contribution is -2.45. The molecule has 3 heterocycles. The molecule has 9 heteroatoms. The number of sulfonamides is 1. The number of rotatable bonds is 8. The zero-order valence-electron chi connectivity index (χ0n) is 19.1. The first-order valence-electron chi connectivity index (χ1n) is 11.7. The molecule has 1 aromatic heterocycles. The lowest BCUT2D eigenvalue weighted by atomic mass is 9.96. The summed E-state index contributed by atoms with van der Waals surface area (Å²) in [6, 6.07) is 11.6. The molecule has 0 unspecified atom stereocenters. The Morgan fingerprint density at radius 1 is 1.09 bits per heavy atom. The van der Waals surface area contributed by atoms with Gasteiger partial charge >= 0.3 is 0 Å². The SMILES string of the molecule is COc1ccc([C@@H](CNC(=O)C2CCN(S(=O)(=O)c3cccs3)CC2)N2CCCCC2)cc1. The van der Waals surface area contributed by atoms with Gasteiger partial charge in [0.1, 0.15) is 9.96 Å². The Morgan fingerprint density at radius 3 is 2.39 bits per heavy atom. The fraction of sp³-hybridized carbons (Fsp3) is 0.542. The third-order valence-corrected chi connectivity index (χ3v) is 9.99. The van der Waals surface area contributed by atoms with Crippen molar-refractivity contribution in [2.24, 2.45) is 5.92 Å². The molecule has 0 bridgehead atoms. The Balaban J connectivity index is 1.35. The van der Waals surface area contributed by atoms with Crippen LogP contribution in [0.3, 0.4) is 0 Å². The number of methoxy groups -OCH3 is 1. The number of piperidine rings is 2. The van der Waals surface area contributed by atoms with Gasteiger partial charge in [-0.1, -0.05) is 24.6 Å². The average molecular weight is 492 g/mol. The number of hydrogen-bond acceptors (Lipinski definition) is 6. The van der Waals surface area contributed by atoms with Crippen molar-refractivity contribution in [2.75, 3.05) is 39.8 Å². The van der Waals surface area contributed by atoms with Gasteiger partial charge in [-0.3, -0.25) is 9.69 Å². The first-order chi connectivity index (χ1) is 16.0. The van der Waals surface area contributed by atoms with Gasteiger partial charge in [0.2, 0.25) is 5.91 Å². The second kappa shape index (κ2) is 11.0. The number of ether oxygens (including phenoxy) is 1. The molecule has 4 rings (SSSR count). The third-order valence-electron chi connectivity index (χ3n) is 6.72. The van der Waals surface area contributed by atoms with E-state index in [0.717, 1.165) is 18.8 Å². The number of benzene rings is 1. The topological polar surface area (TPSA) is 79.0 Å². The number of nitrogens with zero attached hydrogens (tertiary/aromatic N) is 2. The Hall–Kier alpha value is -1.94. The van der Waals surface area contributed by atoms with Gasteiger partial charge in [-0.25, -0.2) is 8.42 Å². The van der Waals surface area contributed by atoms with Crippen molar-refractivity contribution in [3.8, 4) is 5.75 Å². The summed E-state index contributed by atoms with van der Waals surface area (Å²) in [5.41, 5.74) is 1.18. The molecule has 7 nitrogen and oxygen atoms in total. The summed E-state index contributed by atoms with van der Waals surface area (Å²) >= 11 is 1.23. The molecule has 2 aromatic rings. The van der Waals surface area contributed by atoms with Gasteiger partial charge in [0, 0.05) is 25.6 Å². The molecule has 2 fully saturated rings. The van der Waals surface area contributed by atoms with E-state index in [1.807, 2.05) is 12.1 Å². The maximum atomic E-state index is 13.0. The van der Waals surface area contributed by atoms with Crippen molar-refractivity contribution in [1.29, 1.82) is 0 Å². The minimum Gasteiger partial charge on any atom is -0.497 e. The van der Waals surface area contributed by atoms with Crippen LogP contribution < -0.4 is 10.1 Å². The Labute approximate surface area is 200 Å². The Bertz CT molecular complexity index is 995. The highest BCUT2D eigenvalue weighted by Gasteiger charge is 2.33. The smallest absolute Gasteiger partial charge is 0.252 e. The molecular weight excluding hydrogens is 458 g/mol. The summed E-state index contributed by atoms with van der Waals surface area (Å²) in [5, 5.41) is 4.95. The predicted octanol–water partition coefficient (Wildman–Crippen LogP) is 3.50. The van der Waals surface area contributed by atoms with E-state index in [4.69, 9.17) is 4.74 Å². The molecule has 0 saturated carbocycles. The van der Waals surface area contributed by atoms with E-state index in [1.54, 1.807) is 24.6 Å². The highest BCUT2D eigenvalue weighted by atomic mass is 32.2. The molecule has 1 aromatic carbocycles. The van der Waals surface area contributed by atoms with Crippen LogP contribution >= 0.6 is 11.3 Å². The van der Waals surface area contributed by atoms with Crippen molar-refractivity contribution >= 4 is 27.3 Å². The van der Waals surface area contributed by atoms with E-state index in [1.165, 1.54) is 40.5 Å². The molecule has 1 amide bonds. The van der Waals surface area contributed by atoms with Crippen LogP contribution in [-0.4, -0.2) is 63.4 Å². The molecular formula is C24H33N3O4S2. The van der Waals surface area contributed by atoms with Crippen molar-refractivity contribution in [2.45, 2.75) is 42.4 Å². The summed E-state index contributed by atoms with van der Waals surface area (Å²) < 4.78 is 32.7.